The third-order valence-electron chi connectivity index (χ3n) is 4.48. The predicted molar refractivity (Wildman–Crippen MR) is 110 cm³/mol. The summed E-state index contributed by atoms with van der Waals surface area (Å²) in [6.07, 6.45) is 3.11. The standard InChI is InChI=1S/C19H15Cl4N3/c20-13-8-7-11(10-15(13)22)18-12-4-1-2-9-24-19(12)26(25-18)16-6-3-5-14(21)17(16)23/h3,5-8,10,24H,1-2,4,9H2. The lowest BCUT2D eigenvalue weighted by Gasteiger charge is -2.11. The first-order valence-electron chi connectivity index (χ1n) is 8.32. The molecule has 0 atom stereocenters. The van der Waals surface area contributed by atoms with Crippen LogP contribution in [0.15, 0.2) is 36.4 Å². The fourth-order valence-electron chi connectivity index (χ4n) is 3.21. The number of hydrogen-bond acceptors (Lipinski definition) is 2. The normalized spacial score (nSPS) is 13.8. The number of rotatable bonds is 2. The Hall–Kier alpha value is -1.39. The SMILES string of the molecule is Clc1ccc(-c2nn(-c3cccc(Cl)c3Cl)c3c2CCCCN3)cc1Cl. The number of halogens is 4. The van der Waals surface area contributed by atoms with Crippen molar-refractivity contribution < 1.29 is 0 Å². The lowest BCUT2D eigenvalue weighted by molar-refractivity contribution is 0.780. The average Bonchev–Trinajstić information content (AvgIpc) is 2.81. The van der Waals surface area contributed by atoms with Crippen LogP contribution in [0.25, 0.3) is 16.9 Å². The second kappa shape index (κ2) is 7.32. The van der Waals surface area contributed by atoms with Gasteiger partial charge in [0.2, 0.25) is 0 Å². The van der Waals surface area contributed by atoms with Crippen LogP contribution in [0.2, 0.25) is 20.1 Å². The summed E-state index contributed by atoms with van der Waals surface area (Å²) in [4.78, 5) is 0. The number of benzene rings is 2. The third-order valence-corrected chi connectivity index (χ3v) is 6.03. The van der Waals surface area contributed by atoms with Gasteiger partial charge in [0.05, 0.1) is 31.5 Å². The number of hydrogen-bond donors (Lipinski definition) is 1. The van der Waals surface area contributed by atoms with Crippen molar-refractivity contribution in [3.8, 4) is 16.9 Å². The van der Waals surface area contributed by atoms with E-state index in [9.17, 15) is 0 Å². The molecule has 3 aromatic rings. The van der Waals surface area contributed by atoms with Gasteiger partial charge in [-0.25, -0.2) is 4.68 Å². The summed E-state index contributed by atoms with van der Waals surface area (Å²) >= 11 is 25.0. The van der Waals surface area contributed by atoms with Crippen LogP contribution < -0.4 is 5.32 Å². The molecule has 0 saturated heterocycles. The Bertz CT molecular complexity index is 981. The maximum atomic E-state index is 6.45. The molecule has 7 heteroatoms. The van der Waals surface area contributed by atoms with Gasteiger partial charge in [-0.05, 0) is 43.5 Å². The Morgan fingerprint density at radius 1 is 0.923 bits per heavy atom. The van der Waals surface area contributed by atoms with Crippen molar-refractivity contribution >= 4 is 52.2 Å². The second-order valence-corrected chi connectivity index (χ2v) is 7.77. The van der Waals surface area contributed by atoms with Crippen LogP contribution in [-0.2, 0) is 6.42 Å². The highest BCUT2D eigenvalue weighted by Crippen LogP contribution is 2.38. The zero-order valence-electron chi connectivity index (χ0n) is 13.7. The fraction of sp³-hybridized carbons (Fsp3) is 0.211. The minimum Gasteiger partial charge on any atom is -0.370 e. The largest absolute Gasteiger partial charge is 0.370 e. The molecule has 0 bridgehead atoms. The first-order chi connectivity index (χ1) is 12.6. The monoisotopic (exact) mass is 425 g/mol. The molecule has 0 radical (unpaired) electrons. The molecule has 0 aliphatic carbocycles. The Morgan fingerprint density at radius 2 is 1.77 bits per heavy atom. The highest BCUT2D eigenvalue weighted by molar-refractivity contribution is 6.43. The van der Waals surface area contributed by atoms with Crippen molar-refractivity contribution in [3.63, 3.8) is 0 Å². The zero-order valence-corrected chi connectivity index (χ0v) is 16.7. The second-order valence-electron chi connectivity index (χ2n) is 6.17. The van der Waals surface area contributed by atoms with Gasteiger partial charge in [-0.3, -0.25) is 0 Å². The number of anilines is 1. The van der Waals surface area contributed by atoms with Crippen molar-refractivity contribution in [2.24, 2.45) is 0 Å². The van der Waals surface area contributed by atoms with Crippen LogP contribution in [0.1, 0.15) is 18.4 Å². The molecular weight excluding hydrogens is 412 g/mol. The molecular formula is C19H15Cl4N3. The molecule has 1 aromatic heterocycles. The van der Waals surface area contributed by atoms with Gasteiger partial charge in [0.1, 0.15) is 5.82 Å². The summed E-state index contributed by atoms with van der Waals surface area (Å²) in [6.45, 7) is 0.887. The Morgan fingerprint density at radius 3 is 2.58 bits per heavy atom. The maximum Gasteiger partial charge on any atom is 0.133 e. The van der Waals surface area contributed by atoms with Gasteiger partial charge in [-0.1, -0.05) is 58.5 Å². The predicted octanol–water partition coefficient (Wildman–Crippen LogP) is 6.90. The maximum absolute atomic E-state index is 6.45. The summed E-state index contributed by atoms with van der Waals surface area (Å²) in [5, 5.41) is 10.4. The molecule has 1 aliphatic rings. The van der Waals surface area contributed by atoms with Crippen LogP contribution in [0, 0.1) is 0 Å². The molecule has 2 aromatic carbocycles. The van der Waals surface area contributed by atoms with Gasteiger partial charge < -0.3 is 5.32 Å². The summed E-state index contributed by atoms with van der Waals surface area (Å²) in [5.74, 6) is 0.952. The van der Waals surface area contributed by atoms with Crippen molar-refractivity contribution in [3.05, 3.63) is 62.1 Å². The van der Waals surface area contributed by atoms with Crippen molar-refractivity contribution in [1.82, 2.24) is 9.78 Å². The van der Waals surface area contributed by atoms with E-state index in [0.717, 1.165) is 54.1 Å². The van der Waals surface area contributed by atoms with Crippen molar-refractivity contribution in [2.75, 3.05) is 11.9 Å². The van der Waals surface area contributed by atoms with E-state index in [1.54, 1.807) is 12.1 Å². The van der Waals surface area contributed by atoms with Gasteiger partial charge in [0, 0.05) is 17.7 Å². The van der Waals surface area contributed by atoms with Gasteiger partial charge in [0.25, 0.3) is 0 Å². The summed E-state index contributed by atoms with van der Waals surface area (Å²) in [6, 6.07) is 11.1. The molecule has 2 heterocycles. The van der Waals surface area contributed by atoms with E-state index in [-0.39, 0.29) is 0 Å². The van der Waals surface area contributed by atoms with Gasteiger partial charge in [0.15, 0.2) is 0 Å². The topological polar surface area (TPSA) is 29.9 Å². The minimum absolute atomic E-state index is 0.478. The fourth-order valence-corrected chi connectivity index (χ4v) is 3.88. The highest BCUT2D eigenvalue weighted by Gasteiger charge is 2.23. The van der Waals surface area contributed by atoms with Gasteiger partial charge in [-0.2, -0.15) is 5.10 Å². The quantitative estimate of drug-likeness (QED) is 0.482. The molecule has 0 spiro atoms. The third kappa shape index (κ3) is 3.18. The zero-order chi connectivity index (χ0) is 18.3. The van der Waals surface area contributed by atoms with E-state index >= 15 is 0 Å². The molecule has 1 N–H and O–H groups in total. The van der Waals surface area contributed by atoms with E-state index < -0.39 is 0 Å². The lowest BCUT2D eigenvalue weighted by atomic mass is 10.0. The molecule has 26 heavy (non-hydrogen) atoms. The number of nitrogens with zero attached hydrogens (tertiary/aromatic N) is 2. The number of nitrogens with one attached hydrogen (secondary N) is 1. The van der Waals surface area contributed by atoms with Crippen LogP contribution in [0.4, 0.5) is 5.82 Å². The van der Waals surface area contributed by atoms with E-state index in [0.29, 0.717) is 20.1 Å². The molecule has 0 saturated carbocycles. The first-order valence-corrected chi connectivity index (χ1v) is 9.83. The first kappa shape index (κ1) is 18.0. The van der Waals surface area contributed by atoms with E-state index in [1.165, 1.54) is 0 Å². The summed E-state index contributed by atoms with van der Waals surface area (Å²) in [7, 11) is 0. The molecule has 4 rings (SSSR count). The van der Waals surface area contributed by atoms with Gasteiger partial charge >= 0.3 is 0 Å². The van der Waals surface area contributed by atoms with Crippen LogP contribution in [-0.4, -0.2) is 16.3 Å². The number of fused-ring (bicyclic) bond motifs is 1. The Labute approximate surface area is 171 Å². The smallest absolute Gasteiger partial charge is 0.133 e. The average molecular weight is 427 g/mol. The van der Waals surface area contributed by atoms with E-state index in [4.69, 9.17) is 51.5 Å². The van der Waals surface area contributed by atoms with E-state index in [1.807, 2.05) is 28.9 Å². The lowest BCUT2D eigenvalue weighted by Crippen LogP contribution is -2.07. The van der Waals surface area contributed by atoms with Crippen molar-refractivity contribution in [2.45, 2.75) is 19.3 Å². The van der Waals surface area contributed by atoms with E-state index in [2.05, 4.69) is 5.32 Å². The summed E-state index contributed by atoms with van der Waals surface area (Å²) < 4.78 is 1.84. The molecule has 0 fully saturated rings. The molecule has 0 amide bonds. The van der Waals surface area contributed by atoms with Crippen LogP contribution in [0.3, 0.4) is 0 Å². The number of aromatic nitrogens is 2. The van der Waals surface area contributed by atoms with Gasteiger partial charge in [-0.15, -0.1) is 0 Å². The molecule has 1 aliphatic heterocycles. The van der Waals surface area contributed by atoms with Crippen LogP contribution in [0.5, 0.6) is 0 Å². The highest BCUT2D eigenvalue weighted by atomic mass is 35.5. The minimum atomic E-state index is 0.478. The molecule has 134 valence electrons. The molecule has 0 unspecified atom stereocenters. The van der Waals surface area contributed by atoms with Crippen molar-refractivity contribution in [1.29, 1.82) is 0 Å². The Balaban J connectivity index is 1.94. The van der Waals surface area contributed by atoms with Crippen LogP contribution >= 0.6 is 46.4 Å². The summed E-state index contributed by atoms with van der Waals surface area (Å²) in [5.41, 5.74) is 3.70. The Kier molecular flexibility index (Phi) is 5.07. The molecule has 3 nitrogen and oxygen atoms in total.